The number of likely N-dealkylation sites (N-methyl/N-ethyl adjacent to an activating group) is 1. The number of ketones is 1. The number of alkyl halides is 1. The van der Waals surface area contributed by atoms with Crippen LogP contribution >= 0.6 is 15.9 Å². The molecule has 0 saturated carbocycles. The highest BCUT2D eigenvalue weighted by molar-refractivity contribution is 9.10. The lowest BCUT2D eigenvalue weighted by molar-refractivity contribution is -0.137. The number of carbonyl (C=O) groups is 4. The molecule has 2 atom stereocenters. The summed E-state index contributed by atoms with van der Waals surface area (Å²) in [5.41, 5.74) is 2.39. The highest BCUT2D eigenvalue weighted by Gasteiger charge is 2.40. The molecule has 1 aliphatic rings. The number of fused-ring (bicyclic) bond motifs is 1. The number of hydrogen-bond acceptors (Lipinski definition) is 8. The number of hydrogen-bond donors (Lipinski definition) is 1. The van der Waals surface area contributed by atoms with E-state index in [0.717, 1.165) is 5.56 Å². The smallest absolute Gasteiger partial charge is 0.316 e. The molecule has 1 aliphatic heterocycles. The third-order valence-corrected chi connectivity index (χ3v) is 7.63. The largest absolute Gasteiger partial charge is 0.453 e. The molecule has 5 rings (SSSR count). The van der Waals surface area contributed by atoms with Crippen LogP contribution in [0.4, 0.5) is 10.2 Å². The number of nitrogens with one attached hydrogen (secondary N) is 1. The van der Waals surface area contributed by atoms with E-state index in [-0.39, 0.29) is 49.6 Å². The van der Waals surface area contributed by atoms with Crippen molar-refractivity contribution >= 4 is 56.2 Å². The van der Waals surface area contributed by atoms with Gasteiger partial charge >= 0.3 is 6.01 Å². The van der Waals surface area contributed by atoms with E-state index in [2.05, 4.69) is 36.2 Å². The molecule has 4 aromatic rings. The molecule has 1 aromatic carbocycles. The number of aromatic nitrogens is 4. The van der Waals surface area contributed by atoms with Crippen molar-refractivity contribution in [3.05, 3.63) is 65.2 Å². The number of likely N-dealkylation sites (tertiary alicyclic amines) is 1. The molecule has 12 nitrogen and oxygen atoms in total. The number of rotatable bonds is 9. The Bertz CT molecular complexity index is 1740. The van der Waals surface area contributed by atoms with Crippen molar-refractivity contribution in [3.63, 3.8) is 0 Å². The summed E-state index contributed by atoms with van der Waals surface area (Å²) in [6.45, 7) is 0.830. The number of benzene rings is 1. The topological polar surface area (TPSA) is 140 Å². The minimum atomic E-state index is -1.35. The van der Waals surface area contributed by atoms with E-state index in [4.69, 9.17) is 4.74 Å². The third-order valence-electron chi connectivity index (χ3n) is 7.19. The first kappa shape index (κ1) is 30.7. The van der Waals surface area contributed by atoms with Crippen LogP contribution in [-0.2, 0) is 20.9 Å². The van der Waals surface area contributed by atoms with Crippen LogP contribution in [0.5, 0.6) is 6.01 Å². The van der Waals surface area contributed by atoms with Crippen LogP contribution in [0.2, 0.25) is 0 Å². The molecular weight excluding hydrogens is 637 g/mol. The fourth-order valence-electron chi connectivity index (χ4n) is 4.92. The Morgan fingerprint density at radius 2 is 1.86 bits per heavy atom. The van der Waals surface area contributed by atoms with E-state index in [0.29, 0.717) is 26.6 Å². The standard InChI is InChI=1S/C30H29BrFN7O5/c1-17(40)22-14-38(15-27(41)39-13-20(32)10-24(39)29(43)36-26-6-4-5-25(31)35-26)23-8-7-18(9-21(22)23)19-11-33-30(34-12-19)44-16-28(42)37(2)3/h4-9,11-12,14,20,24H,10,13,15-16H2,1-3H3,(H,35,36,43)/t20-,24+/m1/s1. The van der Waals surface area contributed by atoms with Gasteiger partial charge < -0.3 is 24.4 Å². The van der Waals surface area contributed by atoms with Crippen molar-refractivity contribution in [1.29, 1.82) is 0 Å². The van der Waals surface area contributed by atoms with E-state index >= 15 is 0 Å². The third kappa shape index (κ3) is 6.75. The maximum absolute atomic E-state index is 14.5. The monoisotopic (exact) mass is 665 g/mol. The van der Waals surface area contributed by atoms with Crippen LogP contribution in [-0.4, -0.2) is 92.3 Å². The van der Waals surface area contributed by atoms with E-state index in [1.165, 1.54) is 16.7 Å². The number of nitrogens with zero attached hydrogens (tertiary/aromatic N) is 6. The molecule has 14 heteroatoms. The highest BCUT2D eigenvalue weighted by atomic mass is 79.9. The Morgan fingerprint density at radius 3 is 2.55 bits per heavy atom. The Balaban J connectivity index is 1.35. The van der Waals surface area contributed by atoms with Gasteiger partial charge in [-0.05, 0) is 52.7 Å². The van der Waals surface area contributed by atoms with Crippen LogP contribution in [0.3, 0.4) is 0 Å². The molecule has 3 aromatic heterocycles. The lowest BCUT2D eigenvalue weighted by Gasteiger charge is -2.24. The number of Topliss-reactive ketones (excluding diaryl/α,β-unsaturated/α-hetero) is 1. The minimum absolute atomic E-state index is 0.0523. The van der Waals surface area contributed by atoms with E-state index in [1.54, 1.807) is 73.7 Å². The van der Waals surface area contributed by atoms with Gasteiger partial charge in [-0.15, -0.1) is 0 Å². The summed E-state index contributed by atoms with van der Waals surface area (Å²) >= 11 is 3.25. The quantitative estimate of drug-likeness (QED) is 0.212. The van der Waals surface area contributed by atoms with Crippen molar-refractivity contribution in [1.82, 2.24) is 29.3 Å². The average Bonchev–Trinajstić information content (AvgIpc) is 3.56. The van der Waals surface area contributed by atoms with E-state index in [1.807, 2.05) is 0 Å². The molecule has 228 valence electrons. The molecule has 0 bridgehead atoms. The van der Waals surface area contributed by atoms with Gasteiger partial charge in [0.15, 0.2) is 12.4 Å². The zero-order chi connectivity index (χ0) is 31.5. The lowest BCUT2D eigenvalue weighted by Crippen LogP contribution is -2.44. The molecule has 0 aliphatic carbocycles. The van der Waals surface area contributed by atoms with Crippen molar-refractivity contribution < 1.29 is 28.3 Å². The number of anilines is 1. The van der Waals surface area contributed by atoms with Crippen LogP contribution in [0, 0.1) is 0 Å². The Morgan fingerprint density at radius 1 is 1.11 bits per heavy atom. The Kier molecular flexibility index (Phi) is 8.99. The summed E-state index contributed by atoms with van der Waals surface area (Å²) in [5.74, 6) is -1.13. The number of halogens is 2. The van der Waals surface area contributed by atoms with Crippen molar-refractivity contribution in [2.24, 2.45) is 0 Å². The van der Waals surface area contributed by atoms with E-state index in [9.17, 15) is 23.6 Å². The second kappa shape index (κ2) is 12.9. The van der Waals surface area contributed by atoms with Crippen LogP contribution in [0.25, 0.3) is 22.0 Å². The van der Waals surface area contributed by atoms with Gasteiger partial charge in [-0.25, -0.2) is 19.3 Å². The summed E-state index contributed by atoms with van der Waals surface area (Å²) in [6, 6.07) is 9.43. The zero-order valence-electron chi connectivity index (χ0n) is 24.2. The van der Waals surface area contributed by atoms with Crippen LogP contribution in [0.1, 0.15) is 23.7 Å². The normalized spacial score (nSPS) is 16.2. The minimum Gasteiger partial charge on any atom is -0.453 e. The summed E-state index contributed by atoms with van der Waals surface area (Å²) in [4.78, 5) is 66.0. The Hall–Kier alpha value is -4.72. The molecule has 4 heterocycles. The van der Waals surface area contributed by atoms with Crippen LogP contribution < -0.4 is 10.1 Å². The lowest BCUT2D eigenvalue weighted by atomic mass is 10.0. The highest BCUT2D eigenvalue weighted by Crippen LogP contribution is 2.29. The first-order valence-corrected chi connectivity index (χ1v) is 14.5. The van der Waals surface area contributed by atoms with Crippen molar-refractivity contribution in [3.8, 4) is 17.1 Å². The molecule has 0 radical (unpaired) electrons. The maximum Gasteiger partial charge on any atom is 0.316 e. The second-order valence-electron chi connectivity index (χ2n) is 10.5. The molecule has 1 fully saturated rings. The SMILES string of the molecule is CC(=O)c1cn(CC(=O)N2C[C@H](F)C[C@H]2C(=O)Nc2cccc(Br)n2)c2ccc(-c3cnc(OCC(=O)N(C)C)nc3)cc12. The molecule has 3 amide bonds. The molecule has 44 heavy (non-hydrogen) atoms. The molecule has 1 N–H and O–H groups in total. The van der Waals surface area contributed by atoms with E-state index < -0.39 is 24.0 Å². The first-order chi connectivity index (χ1) is 21.0. The predicted molar refractivity (Wildman–Crippen MR) is 163 cm³/mol. The summed E-state index contributed by atoms with van der Waals surface area (Å²) in [5, 5.41) is 3.27. The van der Waals surface area contributed by atoms with Gasteiger partial charge in [0, 0.05) is 61.1 Å². The van der Waals surface area contributed by atoms with Crippen molar-refractivity contribution in [2.75, 3.05) is 32.6 Å². The zero-order valence-corrected chi connectivity index (χ0v) is 25.7. The fourth-order valence-corrected chi connectivity index (χ4v) is 5.26. The molecule has 1 saturated heterocycles. The first-order valence-electron chi connectivity index (χ1n) is 13.7. The summed E-state index contributed by atoms with van der Waals surface area (Å²) in [7, 11) is 3.24. The van der Waals surface area contributed by atoms with Crippen molar-refractivity contribution in [2.45, 2.75) is 32.1 Å². The number of ether oxygens (including phenoxy) is 1. The summed E-state index contributed by atoms with van der Waals surface area (Å²) in [6.07, 6.45) is 3.21. The van der Waals surface area contributed by atoms with Gasteiger partial charge in [0.05, 0.1) is 6.54 Å². The fraction of sp³-hybridized carbons (Fsp3) is 0.300. The predicted octanol–water partition coefficient (Wildman–Crippen LogP) is 3.50. The van der Waals surface area contributed by atoms with Gasteiger partial charge in [-0.1, -0.05) is 12.1 Å². The number of amides is 3. The number of pyridine rings is 1. The van der Waals surface area contributed by atoms with Gasteiger partial charge in [-0.2, -0.15) is 0 Å². The number of carbonyl (C=O) groups excluding carboxylic acids is 4. The van der Waals surface area contributed by atoms with Crippen LogP contribution in [0.15, 0.2) is 59.6 Å². The maximum atomic E-state index is 14.5. The Labute approximate surface area is 260 Å². The van der Waals surface area contributed by atoms with Gasteiger partial charge in [-0.3, -0.25) is 19.2 Å². The average molecular weight is 667 g/mol. The summed E-state index contributed by atoms with van der Waals surface area (Å²) < 4.78 is 22.0. The molecule has 0 unspecified atom stereocenters. The van der Waals surface area contributed by atoms with Gasteiger partial charge in [0.25, 0.3) is 5.91 Å². The van der Waals surface area contributed by atoms with Gasteiger partial charge in [0.1, 0.15) is 29.2 Å². The molecule has 0 spiro atoms. The molecular formula is C30H29BrFN7O5. The second-order valence-corrected chi connectivity index (χ2v) is 11.3. The van der Waals surface area contributed by atoms with Gasteiger partial charge in [0.2, 0.25) is 11.8 Å².